The molecule has 1 aliphatic rings. The molecule has 0 aliphatic carbocycles. The molecule has 1 aliphatic heterocycles. The van der Waals surface area contributed by atoms with Crippen molar-refractivity contribution in [2.45, 2.75) is 19.4 Å². The molecule has 0 spiro atoms. The summed E-state index contributed by atoms with van der Waals surface area (Å²) in [5, 5.41) is 13.7. The smallest absolute Gasteiger partial charge is 0.288 e. The topological polar surface area (TPSA) is 75.5 Å². The number of amides is 1. The van der Waals surface area contributed by atoms with E-state index in [2.05, 4.69) is 10.2 Å². The standard InChI is InChI=1S/C18H18ClN3O3/c19-16-8-5-14(11-17(16)22(24)25)18(23)20-15-6-3-13(4-7-15)12-21-9-1-2-10-21/h3-8,11H,1-2,9-10,12H2,(H,20,23). The summed E-state index contributed by atoms with van der Waals surface area (Å²) in [6.07, 6.45) is 2.50. The van der Waals surface area contributed by atoms with Crippen molar-refractivity contribution in [3.05, 3.63) is 68.7 Å². The van der Waals surface area contributed by atoms with E-state index in [1.165, 1.54) is 36.6 Å². The fraction of sp³-hybridized carbons (Fsp3) is 0.278. The molecular formula is C18H18ClN3O3. The Morgan fingerprint density at radius 2 is 1.84 bits per heavy atom. The Morgan fingerprint density at radius 1 is 1.16 bits per heavy atom. The van der Waals surface area contributed by atoms with Crippen LogP contribution >= 0.6 is 11.6 Å². The van der Waals surface area contributed by atoms with Crippen LogP contribution in [0.4, 0.5) is 11.4 Å². The number of carbonyl (C=O) groups is 1. The summed E-state index contributed by atoms with van der Waals surface area (Å²) >= 11 is 5.77. The van der Waals surface area contributed by atoms with Crippen molar-refractivity contribution < 1.29 is 9.72 Å². The highest BCUT2D eigenvalue weighted by atomic mass is 35.5. The molecule has 25 heavy (non-hydrogen) atoms. The summed E-state index contributed by atoms with van der Waals surface area (Å²) in [6, 6.07) is 11.7. The minimum atomic E-state index is -0.605. The normalized spacial score (nSPS) is 14.4. The van der Waals surface area contributed by atoms with Crippen molar-refractivity contribution in [2.24, 2.45) is 0 Å². The molecule has 1 saturated heterocycles. The van der Waals surface area contributed by atoms with Crippen molar-refractivity contribution in [1.29, 1.82) is 0 Å². The summed E-state index contributed by atoms with van der Waals surface area (Å²) < 4.78 is 0. The predicted molar refractivity (Wildman–Crippen MR) is 97.0 cm³/mol. The molecule has 7 heteroatoms. The number of nitrogens with zero attached hydrogens (tertiary/aromatic N) is 2. The lowest BCUT2D eigenvalue weighted by atomic mass is 10.1. The number of nitrogens with one attached hydrogen (secondary N) is 1. The molecule has 130 valence electrons. The molecule has 1 amide bonds. The Bertz CT molecular complexity index is 787. The second-order valence-electron chi connectivity index (χ2n) is 6.06. The molecule has 0 unspecified atom stereocenters. The summed E-state index contributed by atoms with van der Waals surface area (Å²) in [5.74, 6) is -0.410. The lowest BCUT2D eigenvalue weighted by Gasteiger charge is -2.14. The zero-order valence-electron chi connectivity index (χ0n) is 13.6. The lowest BCUT2D eigenvalue weighted by Crippen LogP contribution is -2.18. The van der Waals surface area contributed by atoms with Crippen LogP contribution in [-0.4, -0.2) is 28.8 Å². The summed E-state index contributed by atoms with van der Waals surface area (Å²) in [7, 11) is 0. The van der Waals surface area contributed by atoms with Gasteiger partial charge in [0.1, 0.15) is 5.02 Å². The first-order chi connectivity index (χ1) is 12.0. The molecule has 0 saturated carbocycles. The van der Waals surface area contributed by atoms with Crippen LogP contribution in [0, 0.1) is 10.1 Å². The Kier molecular flexibility index (Phi) is 5.31. The predicted octanol–water partition coefficient (Wildman–Crippen LogP) is 4.10. The van der Waals surface area contributed by atoms with E-state index in [4.69, 9.17) is 11.6 Å². The van der Waals surface area contributed by atoms with Gasteiger partial charge in [-0.2, -0.15) is 0 Å². The molecule has 2 aromatic carbocycles. The number of rotatable bonds is 5. The van der Waals surface area contributed by atoms with E-state index in [9.17, 15) is 14.9 Å². The molecule has 0 radical (unpaired) electrons. The highest BCUT2D eigenvalue weighted by Crippen LogP contribution is 2.25. The Hall–Kier alpha value is -2.44. The minimum Gasteiger partial charge on any atom is -0.322 e. The van der Waals surface area contributed by atoms with Gasteiger partial charge in [-0.3, -0.25) is 19.8 Å². The molecule has 0 aromatic heterocycles. The van der Waals surface area contributed by atoms with Gasteiger partial charge in [-0.15, -0.1) is 0 Å². The molecular weight excluding hydrogens is 342 g/mol. The first-order valence-corrected chi connectivity index (χ1v) is 8.47. The number of anilines is 1. The van der Waals surface area contributed by atoms with Crippen molar-refractivity contribution >= 4 is 28.9 Å². The number of halogens is 1. The second kappa shape index (κ2) is 7.63. The number of hydrogen-bond donors (Lipinski definition) is 1. The van der Waals surface area contributed by atoms with Gasteiger partial charge in [0, 0.05) is 23.9 Å². The fourth-order valence-corrected chi connectivity index (χ4v) is 3.08. The van der Waals surface area contributed by atoms with Gasteiger partial charge in [-0.05, 0) is 55.8 Å². The minimum absolute atomic E-state index is 0.00724. The van der Waals surface area contributed by atoms with Gasteiger partial charge >= 0.3 is 0 Å². The van der Waals surface area contributed by atoms with Crippen LogP contribution in [0.25, 0.3) is 0 Å². The van der Waals surface area contributed by atoms with Crippen molar-refractivity contribution in [1.82, 2.24) is 4.90 Å². The molecule has 1 fully saturated rings. The van der Waals surface area contributed by atoms with Crippen LogP contribution < -0.4 is 5.32 Å². The molecule has 0 atom stereocenters. The maximum atomic E-state index is 12.3. The highest BCUT2D eigenvalue weighted by molar-refractivity contribution is 6.32. The maximum Gasteiger partial charge on any atom is 0.288 e. The number of benzene rings is 2. The van der Waals surface area contributed by atoms with E-state index in [-0.39, 0.29) is 16.3 Å². The Balaban J connectivity index is 1.66. The summed E-state index contributed by atoms with van der Waals surface area (Å²) in [4.78, 5) is 25.0. The highest BCUT2D eigenvalue weighted by Gasteiger charge is 2.16. The van der Waals surface area contributed by atoms with Crippen molar-refractivity contribution in [2.75, 3.05) is 18.4 Å². The van der Waals surface area contributed by atoms with Gasteiger partial charge in [0.15, 0.2) is 0 Å². The SMILES string of the molecule is O=C(Nc1ccc(CN2CCCC2)cc1)c1ccc(Cl)c([N+](=O)[O-])c1. The maximum absolute atomic E-state index is 12.3. The first kappa shape index (κ1) is 17.4. The van der Waals surface area contributed by atoms with Crippen LogP contribution in [-0.2, 0) is 6.54 Å². The van der Waals surface area contributed by atoms with Gasteiger partial charge in [0.2, 0.25) is 0 Å². The molecule has 3 rings (SSSR count). The van der Waals surface area contributed by atoms with Crippen LogP contribution in [0.2, 0.25) is 5.02 Å². The van der Waals surface area contributed by atoms with Gasteiger partial charge in [0.05, 0.1) is 4.92 Å². The number of carbonyl (C=O) groups excluding carboxylic acids is 1. The monoisotopic (exact) mass is 359 g/mol. The van der Waals surface area contributed by atoms with Crippen LogP contribution in [0.5, 0.6) is 0 Å². The van der Waals surface area contributed by atoms with Crippen molar-refractivity contribution in [3.8, 4) is 0 Å². The lowest BCUT2D eigenvalue weighted by molar-refractivity contribution is -0.384. The van der Waals surface area contributed by atoms with Crippen LogP contribution in [0.15, 0.2) is 42.5 Å². The number of nitro benzene ring substituents is 1. The third kappa shape index (κ3) is 4.35. The van der Waals surface area contributed by atoms with E-state index in [0.29, 0.717) is 5.69 Å². The number of likely N-dealkylation sites (tertiary alicyclic amines) is 1. The van der Waals surface area contributed by atoms with E-state index < -0.39 is 10.8 Å². The van der Waals surface area contributed by atoms with Crippen molar-refractivity contribution in [3.63, 3.8) is 0 Å². The van der Waals surface area contributed by atoms with E-state index >= 15 is 0 Å². The third-order valence-electron chi connectivity index (χ3n) is 4.22. The molecule has 6 nitrogen and oxygen atoms in total. The van der Waals surface area contributed by atoms with Crippen LogP contribution in [0.3, 0.4) is 0 Å². The quantitative estimate of drug-likeness (QED) is 0.644. The van der Waals surface area contributed by atoms with Gasteiger partial charge in [0.25, 0.3) is 11.6 Å². The van der Waals surface area contributed by atoms with Gasteiger partial charge in [-0.1, -0.05) is 23.7 Å². The van der Waals surface area contributed by atoms with E-state index in [1.807, 2.05) is 24.3 Å². The molecule has 1 heterocycles. The fourth-order valence-electron chi connectivity index (χ4n) is 2.89. The first-order valence-electron chi connectivity index (χ1n) is 8.09. The number of hydrogen-bond acceptors (Lipinski definition) is 4. The third-order valence-corrected chi connectivity index (χ3v) is 4.54. The van der Waals surface area contributed by atoms with Gasteiger partial charge in [-0.25, -0.2) is 0 Å². The largest absolute Gasteiger partial charge is 0.322 e. The summed E-state index contributed by atoms with van der Waals surface area (Å²) in [5.41, 5.74) is 1.75. The zero-order valence-corrected chi connectivity index (χ0v) is 14.3. The zero-order chi connectivity index (χ0) is 17.8. The second-order valence-corrected chi connectivity index (χ2v) is 6.46. The van der Waals surface area contributed by atoms with E-state index in [0.717, 1.165) is 19.6 Å². The van der Waals surface area contributed by atoms with Crippen LogP contribution in [0.1, 0.15) is 28.8 Å². The number of nitro groups is 1. The average molecular weight is 360 g/mol. The average Bonchev–Trinajstić information content (AvgIpc) is 3.09. The Morgan fingerprint density at radius 3 is 2.48 bits per heavy atom. The molecule has 1 N–H and O–H groups in total. The van der Waals surface area contributed by atoms with Gasteiger partial charge < -0.3 is 5.32 Å². The summed E-state index contributed by atoms with van der Waals surface area (Å²) in [6.45, 7) is 3.18. The Labute approximate surface area is 150 Å². The van der Waals surface area contributed by atoms with E-state index in [1.54, 1.807) is 0 Å². The molecule has 0 bridgehead atoms. The molecule has 2 aromatic rings.